The monoisotopic (exact) mass is 283 g/mol. The van der Waals surface area contributed by atoms with Gasteiger partial charge in [-0.15, -0.1) is 0 Å². The van der Waals surface area contributed by atoms with E-state index < -0.39 is 0 Å². The average molecular weight is 283 g/mol. The van der Waals surface area contributed by atoms with Crippen LogP contribution in [-0.4, -0.2) is 23.4 Å². The van der Waals surface area contributed by atoms with Gasteiger partial charge < -0.3 is 5.32 Å². The Morgan fingerprint density at radius 3 is 2.71 bits per heavy atom. The second kappa shape index (κ2) is 6.90. The van der Waals surface area contributed by atoms with Gasteiger partial charge in [-0.25, -0.2) is 4.68 Å². The number of para-hydroxylation sites is 1. The standard InChI is InChI=1S/C18H25N3/c1-19-14-15-8-4-2-7-11-17(15)18-12-13-20-21(18)16-9-5-3-6-10-16/h3,5-6,9-10,12-13,15,17,19H,2,4,7-8,11,14H2,1H3. The summed E-state index contributed by atoms with van der Waals surface area (Å²) in [5.74, 6) is 1.33. The number of hydrogen-bond donors (Lipinski definition) is 1. The molecule has 0 radical (unpaired) electrons. The molecule has 2 aromatic rings. The van der Waals surface area contributed by atoms with Crippen LogP contribution in [-0.2, 0) is 0 Å². The van der Waals surface area contributed by atoms with Crippen LogP contribution in [0.1, 0.15) is 43.7 Å². The van der Waals surface area contributed by atoms with E-state index in [2.05, 4.69) is 58.5 Å². The van der Waals surface area contributed by atoms with Gasteiger partial charge in [0, 0.05) is 17.8 Å². The normalized spacial score (nSPS) is 22.9. The van der Waals surface area contributed by atoms with Crippen molar-refractivity contribution in [3.63, 3.8) is 0 Å². The molecule has 112 valence electrons. The molecule has 0 spiro atoms. The zero-order chi connectivity index (χ0) is 14.5. The molecule has 2 unspecified atom stereocenters. The highest BCUT2D eigenvalue weighted by atomic mass is 15.3. The van der Waals surface area contributed by atoms with Crippen molar-refractivity contribution in [2.45, 2.75) is 38.0 Å². The van der Waals surface area contributed by atoms with Crippen molar-refractivity contribution in [1.29, 1.82) is 0 Å². The Labute approximate surface area is 127 Å². The van der Waals surface area contributed by atoms with Crippen LogP contribution in [0, 0.1) is 5.92 Å². The van der Waals surface area contributed by atoms with E-state index in [0.717, 1.165) is 12.5 Å². The molecule has 0 bridgehead atoms. The molecular weight excluding hydrogens is 258 g/mol. The van der Waals surface area contributed by atoms with E-state index in [4.69, 9.17) is 0 Å². The third-order valence-corrected chi connectivity index (χ3v) is 4.68. The van der Waals surface area contributed by atoms with Gasteiger partial charge in [0.05, 0.1) is 5.69 Å². The molecule has 1 saturated carbocycles. The minimum atomic E-state index is 0.614. The third-order valence-electron chi connectivity index (χ3n) is 4.68. The summed E-state index contributed by atoms with van der Waals surface area (Å²) in [7, 11) is 2.07. The molecule has 1 aliphatic rings. The molecule has 0 aliphatic heterocycles. The van der Waals surface area contributed by atoms with E-state index in [1.165, 1.54) is 43.5 Å². The summed E-state index contributed by atoms with van der Waals surface area (Å²) in [4.78, 5) is 0. The summed E-state index contributed by atoms with van der Waals surface area (Å²) in [6, 6.07) is 12.7. The van der Waals surface area contributed by atoms with Crippen molar-refractivity contribution in [2.75, 3.05) is 13.6 Å². The number of nitrogens with zero attached hydrogens (tertiary/aromatic N) is 2. The Balaban J connectivity index is 1.93. The van der Waals surface area contributed by atoms with Crippen LogP contribution in [0.3, 0.4) is 0 Å². The smallest absolute Gasteiger partial charge is 0.0648 e. The van der Waals surface area contributed by atoms with Gasteiger partial charge in [0.15, 0.2) is 0 Å². The first-order valence-corrected chi connectivity index (χ1v) is 8.14. The minimum absolute atomic E-state index is 0.614. The molecule has 3 heteroatoms. The highest BCUT2D eigenvalue weighted by Crippen LogP contribution is 2.36. The second-order valence-corrected chi connectivity index (χ2v) is 6.07. The molecule has 1 heterocycles. The molecule has 3 nitrogen and oxygen atoms in total. The maximum absolute atomic E-state index is 4.58. The van der Waals surface area contributed by atoms with Crippen LogP contribution in [0.5, 0.6) is 0 Å². The van der Waals surface area contributed by atoms with Gasteiger partial charge in [0.1, 0.15) is 0 Å². The average Bonchev–Trinajstić information content (AvgIpc) is 2.89. The van der Waals surface area contributed by atoms with E-state index in [-0.39, 0.29) is 0 Å². The van der Waals surface area contributed by atoms with Crippen molar-refractivity contribution >= 4 is 0 Å². The van der Waals surface area contributed by atoms with Crippen LogP contribution >= 0.6 is 0 Å². The summed E-state index contributed by atoms with van der Waals surface area (Å²) < 4.78 is 2.14. The summed E-state index contributed by atoms with van der Waals surface area (Å²) in [6.45, 7) is 1.10. The lowest BCUT2D eigenvalue weighted by molar-refractivity contribution is 0.375. The largest absolute Gasteiger partial charge is 0.319 e. The lowest BCUT2D eigenvalue weighted by Crippen LogP contribution is -2.25. The fourth-order valence-corrected chi connectivity index (χ4v) is 3.66. The predicted octanol–water partition coefficient (Wildman–Crippen LogP) is 3.76. The first kappa shape index (κ1) is 14.3. The van der Waals surface area contributed by atoms with Gasteiger partial charge in [-0.05, 0) is 50.6 Å². The number of nitrogens with one attached hydrogen (secondary N) is 1. The minimum Gasteiger partial charge on any atom is -0.319 e. The Bertz CT molecular complexity index is 547. The zero-order valence-corrected chi connectivity index (χ0v) is 12.8. The van der Waals surface area contributed by atoms with E-state index >= 15 is 0 Å². The number of rotatable bonds is 4. The van der Waals surface area contributed by atoms with E-state index in [0.29, 0.717) is 5.92 Å². The Morgan fingerprint density at radius 1 is 1.10 bits per heavy atom. The highest BCUT2D eigenvalue weighted by molar-refractivity contribution is 5.33. The van der Waals surface area contributed by atoms with E-state index in [1.807, 2.05) is 6.20 Å². The first-order valence-electron chi connectivity index (χ1n) is 8.14. The quantitative estimate of drug-likeness (QED) is 0.866. The SMILES string of the molecule is CNCC1CCCCCC1c1ccnn1-c1ccccc1. The topological polar surface area (TPSA) is 29.9 Å². The Kier molecular flexibility index (Phi) is 4.71. The van der Waals surface area contributed by atoms with Gasteiger partial charge in [0.2, 0.25) is 0 Å². The molecule has 1 N–H and O–H groups in total. The molecule has 1 fully saturated rings. The Morgan fingerprint density at radius 2 is 1.90 bits per heavy atom. The zero-order valence-electron chi connectivity index (χ0n) is 12.8. The molecule has 1 aromatic carbocycles. The van der Waals surface area contributed by atoms with Crippen LogP contribution < -0.4 is 5.32 Å². The lowest BCUT2D eigenvalue weighted by atomic mass is 9.85. The van der Waals surface area contributed by atoms with Gasteiger partial charge in [0.25, 0.3) is 0 Å². The molecule has 0 saturated heterocycles. The van der Waals surface area contributed by atoms with Crippen molar-refractivity contribution in [3.8, 4) is 5.69 Å². The molecule has 2 atom stereocenters. The van der Waals surface area contributed by atoms with Gasteiger partial charge in [-0.2, -0.15) is 5.10 Å². The summed E-state index contributed by atoms with van der Waals surface area (Å²) in [6.07, 6.45) is 8.63. The summed E-state index contributed by atoms with van der Waals surface area (Å²) >= 11 is 0. The van der Waals surface area contributed by atoms with Crippen LogP contribution in [0.2, 0.25) is 0 Å². The second-order valence-electron chi connectivity index (χ2n) is 6.07. The molecule has 1 aromatic heterocycles. The van der Waals surface area contributed by atoms with Crippen molar-refractivity contribution in [1.82, 2.24) is 15.1 Å². The fourth-order valence-electron chi connectivity index (χ4n) is 3.66. The maximum Gasteiger partial charge on any atom is 0.0648 e. The summed E-state index contributed by atoms with van der Waals surface area (Å²) in [5, 5.41) is 7.97. The predicted molar refractivity (Wildman–Crippen MR) is 86.8 cm³/mol. The maximum atomic E-state index is 4.58. The summed E-state index contributed by atoms with van der Waals surface area (Å²) in [5.41, 5.74) is 2.55. The molecule has 3 rings (SSSR count). The number of hydrogen-bond acceptors (Lipinski definition) is 2. The number of aromatic nitrogens is 2. The first-order chi connectivity index (χ1) is 10.4. The molecule has 0 amide bonds. The van der Waals surface area contributed by atoms with Crippen molar-refractivity contribution in [2.24, 2.45) is 5.92 Å². The van der Waals surface area contributed by atoms with Gasteiger partial charge >= 0.3 is 0 Å². The van der Waals surface area contributed by atoms with E-state index in [1.54, 1.807) is 0 Å². The van der Waals surface area contributed by atoms with Crippen molar-refractivity contribution in [3.05, 3.63) is 48.3 Å². The van der Waals surface area contributed by atoms with Crippen LogP contribution in [0.15, 0.2) is 42.6 Å². The van der Waals surface area contributed by atoms with E-state index in [9.17, 15) is 0 Å². The molecule has 1 aliphatic carbocycles. The third kappa shape index (κ3) is 3.18. The van der Waals surface area contributed by atoms with Crippen LogP contribution in [0.4, 0.5) is 0 Å². The van der Waals surface area contributed by atoms with Gasteiger partial charge in [-0.3, -0.25) is 0 Å². The van der Waals surface area contributed by atoms with Gasteiger partial charge in [-0.1, -0.05) is 37.5 Å². The van der Waals surface area contributed by atoms with Crippen LogP contribution in [0.25, 0.3) is 5.69 Å². The number of benzene rings is 1. The fraction of sp³-hybridized carbons (Fsp3) is 0.500. The Hall–Kier alpha value is -1.61. The molecule has 21 heavy (non-hydrogen) atoms. The van der Waals surface area contributed by atoms with Crippen molar-refractivity contribution < 1.29 is 0 Å². The lowest BCUT2D eigenvalue weighted by Gasteiger charge is -2.25. The highest BCUT2D eigenvalue weighted by Gasteiger charge is 2.27. The molecular formula is C18H25N3.